The van der Waals surface area contributed by atoms with Gasteiger partial charge in [0, 0.05) is 17.8 Å². The second kappa shape index (κ2) is 6.56. The minimum Gasteiger partial charge on any atom is -0.321 e. The first-order chi connectivity index (χ1) is 10.4. The zero-order valence-corrected chi connectivity index (χ0v) is 13.4. The summed E-state index contributed by atoms with van der Waals surface area (Å²) in [5, 5.41) is 7.27. The lowest BCUT2D eigenvalue weighted by molar-refractivity contribution is 0.100. The summed E-state index contributed by atoms with van der Waals surface area (Å²) in [6.07, 6.45) is 0. The molecule has 22 heavy (non-hydrogen) atoms. The van der Waals surface area contributed by atoms with Crippen molar-refractivity contribution >= 4 is 17.4 Å². The fraction of sp³-hybridized carbons (Fsp3) is 0.353. The van der Waals surface area contributed by atoms with Gasteiger partial charge in [0.2, 0.25) is 0 Å². The Bertz CT molecular complexity index is 702. The number of anilines is 1. The molecule has 0 aliphatic rings. The van der Waals surface area contributed by atoms with E-state index in [-0.39, 0.29) is 17.6 Å². The van der Waals surface area contributed by atoms with E-state index in [9.17, 15) is 9.59 Å². The standard InChI is InChI=1S/C17H21N3O2/c1-5-20-16(10-15(19-20)11(2)3)17(22)18-14-8-6-7-13(9-14)12(4)21/h6-11H,5H2,1-4H3,(H,18,22). The predicted molar refractivity (Wildman–Crippen MR) is 86.4 cm³/mol. The summed E-state index contributed by atoms with van der Waals surface area (Å²) in [4.78, 5) is 23.9. The number of hydrogen-bond acceptors (Lipinski definition) is 3. The Morgan fingerprint density at radius 3 is 2.59 bits per heavy atom. The highest BCUT2D eigenvalue weighted by molar-refractivity contribution is 6.04. The zero-order valence-electron chi connectivity index (χ0n) is 13.4. The van der Waals surface area contributed by atoms with Gasteiger partial charge in [0.1, 0.15) is 5.69 Å². The molecular weight excluding hydrogens is 278 g/mol. The number of aromatic nitrogens is 2. The Hall–Kier alpha value is -2.43. The third kappa shape index (κ3) is 3.42. The number of Topliss-reactive ketones (excluding diaryl/α,β-unsaturated/α-hetero) is 1. The molecule has 0 radical (unpaired) electrons. The van der Waals surface area contributed by atoms with Gasteiger partial charge in [-0.25, -0.2) is 0 Å². The number of rotatable bonds is 5. The summed E-state index contributed by atoms with van der Waals surface area (Å²) in [5.74, 6) is 0.0131. The number of amides is 1. The second-order valence-electron chi connectivity index (χ2n) is 5.52. The van der Waals surface area contributed by atoms with Crippen LogP contribution in [0, 0.1) is 0 Å². The van der Waals surface area contributed by atoms with Crippen LogP contribution in [-0.4, -0.2) is 21.5 Å². The maximum absolute atomic E-state index is 12.5. The number of nitrogens with one attached hydrogen (secondary N) is 1. The summed E-state index contributed by atoms with van der Waals surface area (Å²) in [7, 11) is 0. The molecule has 0 spiro atoms. The fourth-order valence-electron chi connectivity index (χ4n) is 2.15. The topological polar surface area (TPSA) is 64.0 Å². The van der Waals surface area contributed by atoms with Crippen molar-refractivity contribution in [3.63, 3.8) is 0 Å². The van der Waals surface area contributed by atoms with Gasteiger partial charge in [-0.05, 0) is 38.0 Å². The van der Waals surface area contributed by atoms with E-state index in [2.05, 4.69) is 10.4 Å². The first-order valence-electron chi connectivity index (χ1n) is 7.42. The molecule has 0 unspecified atom stereocenters. The number of ketones is 1. The van der Waals surface area contributed by atoms with Crippen LogP contribution in [0.2, 0.25) is 0 Å². The van der Waals surface area contributed by atoms with Gasteiger partial charge in [-0.2, -0.15) is 5.10 Å². The molecule has 0 atom stereocenters. The first kappa shape index (κ1) is 15.9. The summed E-state index contributed by atoms with van der Waals surface area (Å²) in [6.45, 7) is 8.16. The maximum atomic E-state index is 12.5. The van der Waals surface area contributed by atoms with Gasteiger partial charge >= 0.3 is 0 Å². The molecule has 0 saturated heterocycles. The van der Waals surface area contributed by atoms with Crippen molar-refractivity contribution in [2.45, 2.75) is 40.2 Å². The number of carbonyl (C=O) groups excluding carboxylic acids is 2. The van der Waals surface area contributed by atoms with E-state index in [1.54, 1.807) is 28.9 Å². The van der Waals surface area contributed by atoms with Crippen LogP contribution in [0.4, 0.5) is 5.69 Å². The first-order valence-corrected chi connectivity index (χ1v) is 7.42. The Balaban J connectivity index is 2.25. The van der Waals surface area contributed by atoms with Crippen molar-refractivity contribution in [1.29, 1.82) is 0 Å². The normalized spacial score (nSPS) is 10.8. The lowest BCUT2D eigenvalue weighted by Gasteiger charge is -2.07. The second-order valence-corrected chi connectivity index (χ2v) is 5.52. The van der Waals surface area contributed by atoms with Gasteiger partial charge < -0.3 is 5.32 Å². The molecular formula is C17H21N3O2. The molecule has 0 aliphatic carbocycles. The highest BCUT2D eigenvalue weighted by Gasteiger charge is 2.16. The highest BCUT2D eigenvalue weighted by atomic mass is 16.2. The van der Waals surface area contributed by atoms with E-state index in [0.717, 1.165) is 5.69 Å². The van der Waals surface area contributed by atoms with Crippen molar-refractivity contribution in [3.8, 4) is 0 Å². The molecule has 1 aromatic heterocycles. The van der Waals surface area contributed by atoms with Crippen LogP contribution in [0.25, 0.3) is 0 Å². The van der Waals surface area contributed by atoms with E-state index in [1.807, 2.05) is 26.8 Å². The summed E-state index contributed by atoms with van der Waals surface area (Å²) >= 11 is 0. The van der Waals surface area contributed by atoms with Gasteiger partial charge in [-0.1, -0.05) is 26.0 Å². The molecule has 5 heteroatoms. The average molecular weight is 299 g/mol. The van der Waals surface area contributed by atoms with Crippen LogP contribution in [0.5, 0.6) is 0 Å². The number of hydrogen-bond donors (Lipinski definition) is 1. The predicted octanol–water partition coefficient (Wildman–Crippen LogP) is 3.48. The SMILES string of the molecule is CCn1nc(C(C)C)cc1C(=O)Nc1cccc(C(C)=O)c1. The van der Waals surface area contributed by atoms with Crippen LogP contribution in [-0.2, 0) is 6.54 Å². The van der Waals surface area contributed by atoms with Crippen LogP contribution in [0.1, 0.15) is 60.2 Å². The average Bonchev–Trinajstić information content (AvgIpc) is 2.92. The minimum absolute atomic E-state index is 0.0307. The quantitative estimate of drug-likeness (QED) is 0.860. The maximum Gasteiger partial charge on any atom is 0.273 e. The van der Waals surface area contributed by atoms with Crippen LogP contribution >= 0.6 is 0 Å². The van der Waals surface area contributed by atoms with Gasteiger partial charge in [0.05, 0.1) is 5.69 Å². The number of benzene rings is 1. The van der Waals surface area contributed by atoms with E-state index < -0.39 is 0 Å². The zero-order chi connectivity index (χ0) is 16.3. The largest absolute Gasteiger partial charge is 0.321 e. The van der Waals surface area contributed by atoms with Gasteiger partial charge in [0.15, 0.2) is 5.78 Å². The lowest BCUT2D eigenvalue weighted by atomic mass is 10.1. The van der Waals surface area contributed by atoms with E-state index in [1.165, 1.54) is 6.92 Å². The van der Waals surface area contributed by atoms with Gasteiger partial charge in [-0.15, -0.1) is 0 Å². The van der Waals surface area contributed by atoms with E-state index in [4.69, 9.17) is 0 Å². The Morgan fingerprint density at radius 2 is 2.00 bits per heavy atom. The molecule has 1 aromatic carbocycles. The van der Waals surface area contributed by atoms with Gasteiger partial charge in [-0.3, -0.25) is 14.3 Å². The van der Waals surface area contributed by atoms with Crippen LogP contribution in [0.3, 0.4) is 0 Å². The lowest BCUT2D eigenvalue weighted by Crippen LogP contribution is -2.17. The smallest absolute Gasteiger partial charge is 0.273 e. The molecule has 2 aromatic rings. The molecule has 0 fully saturated rings. The van der Waals surface area contributed by atoms with Crippen molar-refractivity contribution in [2.75, 3.05) is 5.32 Å². The molecule has 5 nitrogen and oxygen atoms in total. The third-order valence-corrected chi connectivity index (χ3v) is 3.45. The molecule has 0 aliphatic heterocycles. The number of carbonyl (C=O) groups is 2. The molecule has 0 bridgehead atoms. The fourth-order valence-corrected chi connectivity index (χ4v) is 2.15. The number of nitrogens with zero attached hydrogens (tertiary/aromatic N) is 2. The molecule has 0 saturated carbocycles. The van der Waals surface area contributed by atoms with Crippen LogP contribution in [0.15, 0.2) is 30.3 Å². The molecule has 1 N–H and O–H groups in total. The van der Waals surface area contributed by atoms with Gasteiger partial charge in [0.25, 0.3) is 5.91 Å². The molecule has 2 rings (SSSR count). The third-order valence-electron chi connectivity index (χ3n) is 3.45. The van der Waals surface area contributed by atoms with Crippen molar-refractivity contribution < 1.29 is 9.59 Å². The van der Waals surface area contributed by atoms with Crippen molar-refractivity contribution in [3.05, 3.63) is 47.3 Å². The van der Waals surface area contributed by atoms with Crippen molar-refractivity contribution in [2.24, 2.45) is 0 Å². The Labute approximate surface area is 130 Å². The van der Waals surface area contributed by atoms with Crippen molar-refractivity contribution in [1.82, 2.24) is 9.78 Å². The Kier molecular flexibility index (Phi) is 4.75. The minimum atomic E-state index is -0.220. The highest BCUT2D eigenvalue weighted by Crippen LogP contribution is 2.17. The summed E-state index contributed by atoms with van der Waals surface area (Å²) < 4.78 is 1.69. The monoisotopic (exact) mass is 299 g/mol. The molecule has 116 valence electrons. The van der Waals surface area contributed by atoms with E-state index >= 15 is 0 Å². The molecule has 1 amide bonds. The summed E-state index contributed by atoms with van der Waals surface area (Å²) in [5.41, 5.74) is 2.60. The van der Waals surface area contributed by atoms with Crippen LogP contribution < -0.4 is 5.32 Å². The molecule has 1 heterocycles. The number of aryl methyl sites for hydroxylation is 1. The Morgan fingerprint density at radius 1 is 1.27 bits per heavy atom. The summed E-state index contributed by atoms with van der Waals surface area (Å²) in [6, 6.07) is 8.74. The van der Waals surface area contributed by atoms with E-state index in [0.29, 0.717) is 23.5 Å².